The number of aryl methyl sites for hydroxylation is 1. The van der Waals surface area contributed by atoms with Crippen molar-refractivity contribution in [3.8, 4) is 28.9 Å². The van der Waals surface area contributed by atoms with Crippen molar-refractivity contribution in [2.24, 2.45) is 0 Å². The van der Waals surface area contributed by atoms with Crippen LogP contribution in [0.3, 0.4) is 0 Å². The van der Waals surface area contributed by atoms with E-state index in [1.807, 2.05) is 6.92 Å². The van der Waals surface area contributed by atoms with Gasteiger partial charge in [0, 0.05) is 25.3 Å². The lowest BCUT2D eigenvalue weighted by atomic mass is 9.94. The second-order valence-corrected chi connectivity index (χ2v) is 12.7. The molecule has 4 aliphatic heterocycles. The highest BCUT2D eigenvalue weighted by Crippen LogP contribution is 2.45. The minimum absolute atomic E-state index is 0.00312. The molecule has 11 heteroatoms. The molecule has 9 nitrogen and oxygen atoms in total. The Labute approximate surface area is 259 Å². The van der Waals surface area contributed by atoms with Gasteiger partial charge in [0.1, 0.15) is 47.2 Å². The molecule has 3 saturated heterocycles. The van der Waals surface area contributed by atoms with Crippen LogP contribution in [0.4, 0.5) is 14.6 Å². The maximum Gasteiger partial charge on any atom is 0.319 e. The molecule has 4 aliphatic rings. The van der Waals surface area contributed by atoms with E-state index in [4.69, 9.17) is 24.2 Å². The maximum absolute atomic E-state index is 17.0. The summed E-state index contributed by atoms with van der Waals surface area (Å²) in [7, 11) is 0. The number of phenols is 1. The number of anilines is 1. The zero-order valence-corrected chi connectivity index (χ0v) is 25.2. The second kappa shape index (κ2) is 10.8. The number of halogens is 2. The summed E-state index contributed by atoms with van der Waals surface area (Å²) in [6, 6.07) is 5.80. The molecule has 0 bridgehead atoms. The normalized spacial score (nSPS) is 23.1. The summed E-state index contributed by atoms with van der Waals surface area (Å²) in [4.78, 5) is 18.7. The van der Waals surface area contributed by atoms with Crippen molar-refractivity contribution in [1.29, 1.82) is 0 Å². The van der Waals surface area contributed by atoms with Gasteiger partial charge in [-0.2, -0.15) is 9.97 Å². The number of rotatable bonds is 5. The van der Waals surface area contributed by atoms with Crippen LogP contribution in [0.5, 0.6) is 17.6 Å². The second-order valence-electron chi connectivity index (χ2n) is 12.7. The summed E-state index contributed by atoms with van der Waals surface area (Å²) in [6.45, 7) is 10.2. The third-order valence-electron chi connectivity index (χ3n) is 9.80. The van der Waals surface area contributed by atoms with Crippen molar-refractivity contribution >= 4 is 27.5 Å². The average molecular weight is 616 g/mol. The number of hydrogen-bond donors (Lipinski definition) is 1. The molecule has 45 heavy (non-hydrogen) atoms. The first-order valence-corrected chi connectivity index (χ1v) is 15.7. The third-order valence-corrected chi connectivity index (χ3v) is 9.80. The highest BCUT2D eigenvalue weighted by Gasteiger charge is 2.46. The Hall–Kier alpha value is -4.09. The number of ether oxygens (including phenoxy) is 3. The van der Waals surface area contributed by atoms with Crippen LogP contribution in [-0.2, 0) is 11.2 Å². The fourth-order valence-electron chi connectivity index (χ4n) is 7.76. The molecule has 0 amide bonds. The SMILES string of the molecule is C=C1CN2CCC[C@@]2(COc2nc3c4c(nc(-c5cc(O)cc6ccc(F)c(CC)c56)c(F)c4n2)OC[C@@H]2COCCCN32)C1. The molecule has 0 spiro atoms. The number of benzene rings is 2. The number of aromatic nitrogens is 3. The van der Waals surface area contributed by atoms with E-state index in [9.17, 15) is 5.11 Å². The summed E-state index contributed by atoms with van der Waals surface area (Å²) >= 11 is 0. The van der Waals surface area contributed by atoms with Crippen LogP contribution >= 0.6 is 0 Å². The lowest BCUT2D eigenvalue weighted by Crippen LogP contribution is -2.43. The van der Waals surface area contributed by atoms with E-state index < -0.39 is 11.6 Å². The summed E-state index contributed by atoms with van der Waals surface area (Å²) in [5, 5.41) is 12.1. The zero-order chi connectivity index (χ0) is 30.9. The fraction of sp³-hybridized carbons (Fsp3) is 0.441. The molecule has 2 atom stereocenters. The number of phenolic OH excluding ortho intramolecular Hbond substituents is 1. The lowest BCUT2D eigenvalue weighted by molar-refractivity contribution is 0.108. The van der Waals surface area contributed by atoms with Crippen molar-refractivity contribution in [1.82, 2.24) is 19.9 Å². The smallest absolute Gasteiger partial charge is 0.319 e. The highest BCUT2D eigenvalue weighted by molar-refractivity contribution is 6.03. The van der Waals surface area contributed by atoms with Crippen molar-refractivity contribution in [3.05, 3.63) is 53.6 Å². The van der Waals surface area contributed by atoms with Gasteiger partial charge >= 0.3 is 6.01 Å². The van der Waals surface area contributed by atoms with E-state index in [-0.39, 0.29) is 52.6 Å². The standard InChI is InChI=1S/C34H35F2N5O4/c1-3-23-25(35)7-6-20-12-22(42)13-24(26(20)23)29-28(36)30-27-31(41-10-5-11-43-16-21(41)17-44-32(27)37-29)39-33(38-30)45-18-34-8-4-9-40(34)15-19(2)14-34/h6-7,12-13,21,42H,2-5,8-11,14-18H2,1H3/t21-,34-/m0/s1. The molecular weight excluding hydrogens is 580 g/mol. The van der Waals surface area contributed by atoms with Gasteiger partial charge in [0.2, 0.25) is 5.88 Å². The van der Waals surface area contributed by atoms with Crippen molar-refractivity contribution in [2.75, 3.05) is 51.0 Å². The Bertz CT molecular complexity index is 1870. The average Bonchev–Trinajstić information content (AvgIpc) is 3.38. The minimum atomic E-state index is -0.719. The van der Waals surface area contributed by atoms with Gasteiger partial charge in [-0.3, -0.25) is 4.90 Å². The van der Waals surface area contributed by atoms with Crippen LogP contribution in [-0.4, -0.2) is 82.6 Å². The lowest BCUT2D eigenvalue weighted by Gasteiger charge is -2.31. The Morgan fingerprint density at radius 3 is 2.87 bits per heavy atom. The zero-order valence-electron chi connectivity index (χ0n) is 25.2. The molecular formula is C34H35F2N5O4. The molecule has 6 heterocycles. The van der Waals surface area contributed by atoms with Crippen LogP contribution in [0.25, 0.3) is 32.9 Å². The van der Waals surface area contributed by atoms with Gasteiger partial charge in [-0.25, -0.2) is 13.8 Å². The summed E-state index contributed by atoms with van der Waals surface area (Å²) < 4.78 is 50.5. The Morgan fingerprint density at radius 2 is 2.00 bits per heavy atom. The first kappa shape index (κ1) is 28.4. The number of hydrogen-bond acceptors (Lipinski definition) is 9. The number of nitrogens with zero attached hydrogens (tertiary/aromatic N) is 5. The van der Waals surface area contributed by atoms with Crippen LogP contribution in [0, 0.1) is 11.6 Å². The van der Waals surface area contributed by atoms with Crippen LogP contribution in [0.15, 0.2) is 36.4 Å². The number of fused-ring (bicyclic) bond motifs is 4. The van der Waals surface area contributed by atoms with Gasteiger partial charge in [-0.05, 0) is 73.2 Å². The van der Waals surface area contributed by atoms with Crippen molar-refractivity contribution in [2.45, 2.75) is 50.6 Å². The predicted molar refractivity (Wildman–Crippen MR) is 166 cm³/mol. The van der Waals surface area contributed by atoms with Gasteiger partial charge in [-0.1, -0.05) is 25.1 Å². The van der Waals surface area contributed by atoms with Gasteiger partial charge in [0.25, 0.3) is 0 Å². The molecule has 0 saturated carbocycles. The minimum Gasteiger partial charge on any atom is -0.508 e. The Morgan fingerprint density at radius 1 is 1.11 bits per heavy atom. The van der Waals surface area contributed by atoms with Crippen molar-refractivity contribution < 1.29 is 28.1 Å². The number of aromatic hydroxyl groups is 1. The molecule has 8 rings (SSSR count). The van der Waals surface area contributed by atoms with Gasteiger partial charge in [-0.15, -0.1) is 0 Å². The van der Waals surface area contributed by atoms with Crippen LogP contribution < -0.4 is 14.4 Å². The van der Waals surface area contributed by atoms with E-state index >= 15 is 8.78 Å². The molecule has 1 N–H and O–H groups in total. The van der Waals surface area contributed by atoms with E-state index in [1.165, 1.54) is 17.7 Å². The first-order valence-electron chi connectivity index (χ1n) is 15.7. The van der Waals surface area contributed by atoms with Crippen LogP contribution in [0.1, 0.15) is 38.2 Å². The summed E-state index contributed by atoms with van der Waals surface area (Å²) in [5.74, 6) is -0.543. The molecule has 0 aliphatic carbocycles. The summed E-state index contributed by atoms with van der Waals surface area (Å²) in [5.41, 5.74) is 1.60. The maximum atomic E-state index is 17.0. The molecule has 3 fully saturated rings. The van der Waals surface area contributed by atoms with E-state index in [0.717, 1.165) is 38.8 Å². The van der Waals surface area contributed by atoms with E-state index in [0.29, 0.717) is 60.3 Å². The van der Waals surface area contributed by atoms with Crippen LogP contribution in [0.2, 0.25) is 0 Å². The first-order chi connectivity index (χ1) is 21.8. The highest BCUT2D eigenvalue weighted by atomic mass is 19.1. The van der Waals surface area contributed by atoms with Gasteiger partial charge < -0.3 is 24.2 Å². The molecule has 2 aromatic heterocycles. The molecule has 234 valence electrons. The Kier molecular flexibility index (Phi) is 6.79. The quantitative estimate of drug-likeness (QED) is 0.290. The van der Waals surface area contributed by atoms with E-state index in [1.54, 1.807) is 12.1 Å². The molecule has 0 unspecified atom stereocenters. The molecule has 2 aromatic carbocycles. The topological polar surface area (TPSA) is 93.1 Å². The number of pyridine rings is 1. The molecule has 0 radical (unpaired) electrons. The third kappa shape index (κ3) is 4.58. The summed E-state index contributed by atoms with van der Waals surface area (Å²) in [6.07, 6.45) is 4.05. The van der Waals surface area contributed by atoms with Gasteiger partial charge in [0.05, 0.1) is 18.2 Å². The predicted octanol–water partition coefficient (Wildman–Crippen LogP) is 5.55. The van der Waals surface area contributed by atoms with Gasteiger partial charge in [0.15, 0.2) is 5.82 Å². The van der Waals surface area contributed by atoms with E-state index in [2.05, 4.69) is 21.4 Å². The molecule has 4 aromatic rings. The van der Waals surface area contributed by atoms with Crippen molar-refractivity contribution in [3.63, 3.8) is 0 Å². The Balaban J connectivity index is 1.33. The fourth-order valence-corrected chi connectivity index (χ4v) is 7.76. The largest absolute Gasteiger partial charge is 0.508 e. The monoisotopic (exact) mass is 615 g/mol.